The Bertz CT molecular complexity index is 564. The van der Waals surface area contributed by atoms with Gasteiger partial charge in [0, 0.05) is 11.1 Å². The highest BCUT2D eigenvalue weighted by molar-refractivity contribution is 5.99. The highest BCUT2D eigenvalue weighted by Gasteiger charge is 2.28. The second-order valence-corrected chi connectivity index (χ2v) is 10.3. The first-order chi connectivity index (χ1) is 15.4. The van der Waals surface area contributed by atoms with Crippen molar-refractivity contribution in [1.29, 1.82) is 0 Å². The summed E-state index contributed by atoms with van der Waals surface area (Å²) in [4.78, 5) is 24.2. The summed E-state index contributed by atoms with van der Waals surface area (Å²) in [6.45, 7) is 8.86. The summed E-state index contributed by atoms with van der Waals surface area (Å²) in [5.41, 5.74) is 0.672. The first kappa shape index (κ1) is 28.7. The van der Waals surface area contributed by atoms with Crippen molar-refractivity contribution in [3.05, 3.63) is 11.1 Å². The fourth-order valence-electron chi connectivity index (χ4n) is 4.61. The largest absolute Gasteiger partial charge is 0.478 e. The Morgan fingerprint density at radius 1 is 0.781 bits per heavy atom. The molecule has 0 saturated carbocycles. The monoisotopic (exact) mass is 450 g/mol. The third-order valence-corrected chi connectivity index (χ3v) is 7.03. The fourth-order valence-corrected chi connectivity index (χ4v) is 4.61. The van der Waals surface area contributed by atoms with Gasteiger partial charge in [0.2, 0.25) is 0 Å². The zero-order chi connectivity index (χ0) is 23.8. The Hall–Kier alpha value is -1.32. The van der Waals surface area contributed by atoms with Gasteiger partial charge in [0.05, 0.1) is 0 Å². The summed E-state index contributed by atoms with van der Waals surface area (Å²) in [5, 5.41) is 9.42. The maximum absolute atomic E-state index is 12.7. The molecule has 0 saturated heterocycles. The molecule has 4 heteroatoms. The lowest BCUT2D eigenvalue weighted by atomic mass is 9.91. The van der Waals surface area contributed by atoms with Crippen LogP contribution in [0.4, 0.5) is 0 Å². The molecule has 32 heavy (non-hydrogen) atoms. The third kappa shape index (κ3) is 12.1. The van der Waals surface area contributed by atoms with E-state index in [0.717, 1.165) is 38.0 Å². The number of ether oxygens (including phenoxy) is 1. The van der Waals surface area contributed by atoms with E-state index in [4.69, 9.17) is 4.74 Å². The van der Waals surface area contributed by atoms with E-state index < -0.39 is 5.97 Å². The molecule has 0 aliphatic heterocycles. The van der Waals surface area contributed by atoms with E-state index in [1.165, 1.54) is 64.2 Å². The van der Waals surface area contributed by atoms with Crippen molar-refractivity contribution in [3.8, 4) is 0 Å². The molecule has 0 bridgehead atoms. The third-order valence-electron chi connectivity index (χ3n) is 7.03. The summed E-state index contributed by atoms with van der Waals surface area (Å²) in [7, 11) is 0. The fraction of sp³-hybridized carbons (Fsp3) is 0.857. The van der Waals surface area contributed by atoms with Crippen LogP contribution in [0.5, 0.6) is 0 Å². The number of carbonyl (C=O) groups excluding carboxylic acids is 1. The van der Waals surface area contributed by atoms with Gasteiger partial charge in [0.25, 0.3) is 0 Å². The van der Waals surface area contributed by atoms with Crippen molar-refractivity contribution < 1.29 is 19.4 Å². The molecule has 1 N–H and O–H groups in total. The smallest absolute Gasteiger partial charge is 0.334 e. The Kier molecular flexibility index (Phi) is 15.4. The molecule has 0 aromatic carbocycles. The van der Waals surface area contributed by atoms with Crippen molar-refractivity contribution >= 4 is 11.9 Å². The topological polar surface area (TPSA) is 63.6 Å². The highest BCUT2D eigenvalue weighted by atomic mass is 16.5. The lowest BCUT2D eigenvalue weighted by Gasteiger charge is -2.25. The van der Waals surface area contributed by atoms with Gasteiger partial charge >= 0.3 is 11.9 Å². The standard InChI is InChI=1S/C28H50O4/c1-5-23(4)26(32-28(31)25-20-17-16-19-24(25)27(29)30)21-15-13-11-9-7-6-8-10-12-14-18-22(2)3/h22-23,26H,5-21H2,1-4H3,(H,29,30). The van der Waals surface area contributed by atoms with Crippen molar-refractivity contribution in [1.82, 2.24) is 0 Å². The van der Waals surface area contributed by atoms with Crippen molar-refractivity contribution in [2.45, 2.75) is 143 Å². The van der Waals surface area contributed by atoms with Gasteiger partial charge in [0.1, 0.15) is 6.10 Å². The molecule has 2 unspecified atom stereocenters. The Morgan fingerprint density at radius 3 is 1.72 bits per heavy atom. The predicted molar refractivity (Wildman–Crippen MR) is 133 cm³/mol. The van der Waals surface area contributed by atoms with Crippen LogP contribution in [0, 0.1) is 11.8 Å². The minimum Gasteiger partial charge on any atom is -0.478 e. The number of esters is 1. The first-order valence-corrected chi connectivity index (χ1v) is 13.5. The second-order valence-electron chi connectivity index (χ2n) is 10.3. The van der Waals surface area contributed by atoms with E-state index in [9.17, 15) is 14.7 Å². The molecule has 0 heterocycles. The predicted octanol–water partition coefficient (Wildman–Crippen LogP) is 8.24. The van der Waals surface area contributed by atoms with Crippen LogP contribution in [0.1, 0.15) is 137 Å². The lowest BCUT2D eigenvalue weighted by Crippen LogP contribution is -2.27. The number of hydrogen-bond donors (Lipinski definition) is 1. The van der Waals surface area contributed by atoms with Crippen LogP contribution in [0.3, 0.4) is 0 Å². The average molecular weight is 451 g/mol. The molecule has 186 valence electrons. The van der Waals surface area contributed by atoms with Gasteiger partial charge in [-0.15, -0.1) is 0 Å². The molecule has 2 atom stereocenters. The van der Waals surface area contributed by atoms with Gasteiger partial charge in [-0.05, 0) is 50.4 Å². The van der Waals surface area contributed by atoms with E-state index in [0.29, 0.717) is 24.3 Å². The van der Waals surface area contributed by atoms with Crippen LogP contribution in [-0.4, -0.2) is 23.1 Å². The van der Waals surface area contributed by atoms with Crippen LogP contribution >= 0.6 is 0 Å². The molecule has 0 aromatic rings. The van der Waals surface area contributed by atoms with Gasteiger partial charge in [-0.2, -0.15) is 0 Å². The maximum atomic E-state index is 12.7. The van der Waals surface area contributed by atoms with Crippen molar-refractivity contribution in [2.75, 3.05) is 0 Å². The molecule has 1 rings (SSSR count). The van der Waals surface area contributed by atoms with Crippen LogP contribution in [-0.2, 0) is 14.3 Å². The normalized spacial score (nSPS) is 16.3. The van der Waals surface area contributed by atoms with E-state index in [1.807, 2.05) is 0 Å². The Morgan fingerprint density at radius 2 is 1.25 bits per heavy atom. The van der Waals surface area contributed by atoms with Gasteiger partial charge < -0.3 is 9.84 Å². The van der Waals surface area contributed by atoms with Gasteiger partial charge in [-0.1, -0.05) is 98.3 Å². The molecule has 1 aliphatic carbocycles. The Labute approximate surface area is 197 Å². The molecule has 4 nitrogen and oxygen atoms in total. The number of aliphatic carboxylic acids is 1. The maximum Gasteiger partial charge on any atom is 0.334 e. The number of hydrogen-bond acceptors (Lipinski definition) is 3. The average Bonchev–Trinajstić information content (AvgIpc) is 2.77. The Balaban J connectivity index is 2.26. The molecule has 0 spiro atoms. The van der Waals surface area contributed by atoms with Crippen LogP contribution in [0.25, 0.3) is 0 Å². The number of unbranched alkanes of at least 4 members (excludes halogenated alkanes) is 9. The molecular formula is C28H50O4. The van der Waals surface area contributed by atoms with Crippen molar-refractivity contribution in [2.24, 2.45) is 11.8 Å². The second kappa shape index (κ2) is 17.2. The minimum absolute atomic E-state index is 0.109. The van der Waals surface area contributed by atoms with E-state index in [1.54, 1.807) is 0 Å². The zero-order valence-electron chi connectivity index (χ0n) is 21.4. The summed E-state index contributed by atoms with van der Waals surface area (Å²) in [6, 6.07) is 0. The van der Waals surface area contributed by atoms with Gasteiger partial charge in [-0.3, -0.25) is 0 Å². The van der Waals surface area contributed by atoms with E-state index >= 15 is 0 Å². The first-order valence-electron chi connectivity index (χ1n) is 13.5. The number of carbonyl (C=O) groups is 2. The van der Waals surface area contributed by atoms with E-state index in [-0.39, 0.29) is 17.6 Å². The number of carboxylic acid groups (broad SMARTS) is 1. The SMILES string of the molecule is CCC(C)C(CCCCCCCCCCCCC(C)C)OC(=O)C1=C(C(=O)O)CCCC1. The zero-order valence-corrected chi connectivity index (χ0v) is 21.4. The quantitative estimate of drug-likeness (QED) is 0.169. The van der Waals surface area contributed by atoms with Gasteiger partial charge in [-0.25, -0.2) is 9.59 Å². The highest BCUT2D eigenvalue weighted by Crippen LogP contribution is 2.28. The molecule has 1 aliphatic rings. The molecular weight excluding hydrogens is 400 g/mol. The molecule has 0 aromatic heterocycles. The summed E-state index contributed by atoms with van der Waals surface area (Å²) in [6.07, 6.45) is 18.8. The minimum atomic E-state index is -0.965. The van der Waals surface area contributed by atoms with Gasteiger partial charge in [0.15, 0.2) is 0 Å². The lowest BCUT2D eigenvalue weighted by molar-refractivity contribution is -0.148. The van der Waals surface area contributed by atoms with E-state index in [2.05, 4.69) is 27.7 Å². The summed E-state index contributed by atoms with van der Waals surface area (Å²) in [5.74, 6) is -0.217. The van der Waals surface area contributed by atoms with Crippen LogP contribution in [0.15, 0.2) is 11.1 Å². The molecule has 0 fully saturated rings. The van der Waals surface area contributed by atoms with Crippen LogP contribution in [0.2, 0.25) is 0 Å². The van der Waals surface area contributed by atoms with Crippen LogP contribution < -0.4 is 0 Å². The van der Waals surface area contributed by atoms with Crippen molar-refractivity contribution in [3.63, 3.8) is 0 Å². The number of rotatable bonds is 18. The molecule has 0 amide bonds. The number of carboxylic acids is 1. The molecule has 0 radical (unpaired) electrons. The summed E-state index contributed by atoms with van der Waals surface area (Å²) >= 11 is 0. The summed E-state index contributed by atoms with van der Waals surface area (Å²) < 4.78 is 5.87.